The summed E-state index contributed by atoms with van der Waals surface area (Å²) in [4.78, 5) is 12.0. The number of ether oxygens (including phenoxy) is 1. The predicted octanol–water partition coefficient (Wildman–Crippen LogP) is 4.90. The molecule has 0 aromatic carbocycles. The molecule has 1 atom stereocenters. The van der Waals surface area contributed by atoms with Crippen LogP contribution in [0.2, 0.25) is 0 Å². The monoisotopic (exact) mass is 266 g/mol. The summed E-state index contributed by atoms with van der Waals surface area (Å²) in [7, 11) is 0. The number of carbonyl (C=O) groups excluding carboxylic acids is 1. The van der Waals surface area contributed by atoms with Gasteiger partial charge in [0.2, 0.25) is 0 Å². The molecule has 0 aliphatic carbocycles. The molecular formula is C17H30O2. The fourth-order valence-corrected chi connectivity index (χ4v) is 1.90. The Morgan fingerprint density at radius 3 is 2.37 bits per heavy atom. The van der Waals surface area contributed by atoms with E-state index in [-0.39, 0.29) is 11.9 Å². The van der Waals surface area contributed by atoms with E-state index in [1.54, 1.807) is 0 Å². The van der Waals surface area contributed by atoms with E-state index in [9.17, 15) is 4.79 Å². The van der Waals surface area contributed by atoms with Crippen LogP contribution in [-0.2, 0) is 9.53 Å². The number of esters is 1. The zero-order chi connectivity index (χ0) is 14.7. The number of rotatable bonds is 9. The van der Waals surface area contributed by atoms with Gasteiger partial charge in [-0.2, -0.15) is 0 Å². The largest absolute Gasteiger partial charge is 0.465 e. The summed E-state index contributed by atoms with van der Waals surface area (Å²) in [5.41, 5.74) is 1.26. The first kappa shape index (κ1) is 17.9. The molecule has 0 saturated carbocycles. The van der Waals surface area contributed by atoms with Crippen LogP contribution in [0.4, 0.5) is 0 Å². The minimum absolute atomic E-state index is 0.0215. The van der Waals surface area contributed by atoms with E-state index in [2.05, 4.69) is 52.8 Å². The van der Waals surface area contributed by atoms with Crippen molar-refractivity contribution in [3.63, 3.8) is 0 Å². The van der Waals surface area contributed by atoms with Gasteiger partial charge in [-0.15, -0.1) is 0 Å². The SMILES string of the molecule is CC/C=C/CCC(C(=O)OCCC=C(C)C)C(C)C. The summed E-state index contributed by atoms with van der Waals surface area (Å²) in [6.45, 7) is 10.9. The predicted molar refractivity (Wildman–Crippen MR) is 82.0 cm³/mol. The van der Waals surface area contributed by atoms with Gasteiger partial charge in [-0.1, -0.05) is 44.6 Å². The molecule has 0 aromatic rings. The Morgan fingerprint density at radius 2 is 1.84 bits per heavy atom. The van der Waals surface area contributed by atoms with Crippen LogP contribution >= 0.6 is 0 Å². The zero-order valence-electron chi connectivity index (χ0n) is 13.2. The molecule has 0 amide bonds. The third-order valence-electron chi connectivity index (χ3n) is 3.07. The lowest BCUT2D eigenvalue weighted by atomic mass is 9.91. The lowest BCUT2D eigenvalue weighted by Gasteiger charge is -2.18. The van der Waals surface area contributed by atoms with Crippen molar-refractivity contribution in [2.24, 2.45) is 11.8 Å². The Kier molecular flexibility index (Phi) is 10.2. The Bertz CT molecular complexity index is 296. The van der Waals surface area contributed by atoms with Crippen LogP contribution in [-0.4, -0.2) is 12.6 Å². The fraction of sp³-hybridized carbons (Fsp3) is 0.706. The lowest BCUT2D eigenvalue weighted by molar-refractivity contribution is -0.150. The van der Waals surface area contributed by atoms with E-state index in [0.717, 1.165) is 25.7 Å². The number of hydrogen-bond donors (Lipinski definition) is 0. The van der Waals surface area contributed by atoms with Gasteiger partial charge in [0, 0.05) is 0 Å². The molecule has 0 spiro atoms. The number of hydrogen-bond acceptors (Lipinski definition) is 2. The molecule has 2 heteroatoms. The molecule has 110 valence electrons. The van der Waals surface area contributed by atoms with Crippen molar-refractivity contribution in [3.8, 4) is 0 Å². The highest BCUT2D eigenvalue weighted by Gasteiger charge is 2.22. The maximum absolute atomic E-state index is 12.0. The average Bonchev–Trinajstić information content (AvgIpc) is 2.33. The van der Waals surface area contributed by atoms with Crippen LogP contribution in [0.5, 0.6) is 0 Å². The van der Waals surface area contributed by atoms with Gasteiger partial charge >= 0.3 is 5.97 Å². The summed E-state index contributed by atoms with van der Waals surface area (Å²) >= 11 is 0. The maximum Gasteiger partial charge on any atom is 0.309 e. The van der Waals surface area contributed by atoms with Gasteiger partial charge in [0.25, 0.3) is 0 Å². The summed E-state index contributed by atoms with van der Waals surface area (Å²) in [6, 6.07) is 0. The Balaban J connectivity index is 4.11. The van der Waals surface area contributed by atoms with E-state index >= 15 is 0 Å². The highest BCUT2D eigenvalue weighted by molar-refractivity contribution is 5.72. The molecule has 0 bridgehead atoms. The van der Waals surface area contributed by atoms with E-state index in [4.69, 9.17) is 4.74 Å². The first-order valence-electron chi connectivity index (χ1n) is 7.44. The van der Waals surface area contributed by atoms with Crippen LogP contribution in [0.25, 0.3) is 0 Å². The molecule has 0 rings (SSSR count). The van der Waals surface area contributed by atoms with Crippen LogP contribution < -0.4 is 0 Å². The van der Waals surface area contributed by atoms with Gasteiger partial charge in [-0.3, -0.25) is 4.79 Å². The molecule has 1 unspecified atom stereocenters. The molecule has 2 nitrogen and oxygen atoms in total. The Labute approximate surface area is 118 Å². The van der Waals surface area contributed by atoms with Gasteiger partial charge in [0.1, 0.15) is 0 Å². The van der Waals surface area contributed by atoms with E-state index in [1.165, 1.54) is 5.57 Å². The van der Waals surface area contributed by atoms with Crippen molar-refractivity contribution in [2.75, 3.05) is 6.61 Å². The van der Waals surface area contributed by atoms with Crippen molar-refractivity contribution in [3.05, 3.63) is 23.8 Å². The second kappa shape index (κ2) is 10.8. The minimum atomic E-state index is -0.0398. The average molecular weight is 266 g/mol. The second-order valence-corrected chi connectivity index (χ2v) is 5.55. The molecule has 0 saturated heterocycles. The van der Waals surface area contributed by atoms with E-state index < -0.39 is 0 Å². The van der Waals surface area contributed by atoms with E-state index in [0.29, 0.717) is 12.5 Å². The van der Waals surface area contributed by atoms with Gasteiger partial charge in [-0.25, -0.2) is 0 Å². The van der Waals surface area contributed by atoms with Gasteiger partial charge in [-0.05, 0) is 45.4 Å². The van der Waals surface area contributed by atoms with Gasteiger partial charge in [0.15, 0.2) is 0 Å². The van der Waals surface area contributed by atoms with Crippen molar-refractivity contribution in [1.29, 1.82) is 0 Å². The van der Waals surface area contributed by atoms with Gasteiger partial charge in [0.05, 0.1) is 12.5 Å². The second-order valence-electron chi connectivity index (χ2n) is 5.55. The number of carbonyl (C=O) groups is 1. The summed E-state index contributed by atoms with van der Waals surface area (Å²) in [5, 5.41) is 0. The van der Waals surface area contributed by atoms with Crippen molar-refractivity contribution in [2.45, 2.75) is 60.3 Å². The third-order valence-corrected chi connectivity index (χ3v) is 3.07. The molecule has 0 fully saturated rings. The smallest absolute Gasteiger partial charge is 0.309 e. The molecule has 0 aliphatic heterocycles. The van der Waals surface area contributed by atoms with Crippen molar-refractivity contribution < 1.29 is 9.53 Å². The van der Waals surface area contributed by atoms with E-state index in [1.807, 2.05) is 0 Å². The summed E-state index contributed by atoms with van der Waals surface area (Å²) < 4.78 is 5.37. The van der Waals surface area contributed by atoms with Crippen LogP contribution in [0, 0.1) is 11.8 Å². The first-order chi connectivity index (χ1) is 8.99. The quantitative estimate of drug-likeness (QED) is 0.337. The third kappa shape index (κ3) is 9.52. The standard InChI is InChI=1S/C17H30O2/c1-6-7-8-9-12-16(15(4)5)17(18)19-13-10-11-14(2)3/h7-8,11,15-16H,6,9-10,12-13H2,1-5H3/b8-7+. The summed E-state index contributed by atoms with van der Waals surface area (Å²) in [5.74, 6) is 0.321. The highest BCUT2D eigenvalue weighted by atomic mass is 16.5. The zero-order valence-corrected chi connectivity index (χ0v) is 13.2. The Hall–Kier alpha value is -1.05. The maximum atomic E-state index is 12.0. The van der Waals surface area contributed by atoms with Crippen LogP contribution in [0.3, 0.4) is 0 Å². The normalized spacial score (nSPS) is 12.7. The molecule has 19 heavy (non-hydrogen) atoms. The molecule has 0 heterocycles. The molecular weight excluding hydrogens is 236 g/mol. The number of allylic oxidation sites excluding steroid dienone is 3. The molecule has 0 radical (unpaired) electrons. The molecule has 0 aromatic heterocycles. The Morgan fingerprint density at radius 1 is 1.16 bits per heavy atom. The fourth-order valence-electron chi connectivity index (χ4n) is 1.90. The highest BCUT2D eigenvalue weighted by Crippen LogP contribution is 2.19. The molecule has 0 N–H and O–H groups in total. The van der Waals surface area contributed by atoms with Crippen molar-refractivity contribution in [1.82, 2.24) is 0 Å². The van der Waals surface area contributed by atoms with Crippen LogP contribution in [0.1, 0.15) is 60.3 Å². The van der Waals surface area contributed by atoms with Crippen LogP contribution in [0.15, 0.2) is 23.8 Å². The topological polar surface area (TPSA) is 26.3 Å². The first-order valence-corrected chi connectivity index (χ1v) is 7.44. The molecule has 0 aliphatic rings. The summed E-state index contributed by atoms with van der Waals surface area (Å²) in [6.07, 6.45) is 10.1. The lowest BCUT2D eigenvalue weighted by Crippen LogP contribution is -2.23. The minimum Gasteiger partial charge on any atom is -0.465 e. The van der Waals surface area contributed by atoms with Gasteiger partial charge < -0.3 is 4.74 Å². The van der Waals surface area contributed by atoms with Crippen molar-refractivity contribution >= 4 is 5.97 Å².